The van der Waals surface area contributed by atoms with E-state index in [0.29, 0.717) is 11.6 Å². The monoisotopic (exact) mass is 313 g/mol. The molecule has 0 saturated heterocycles. The average Bonchev–Trinajstić information content (AvgIpc) is 3.13. The number of nitrogens with zero attached hydrogens (tertiary/aromatic N) is 3. The van der Waals surface area contributed by atoms with E-state index >= 15 is 0 Å². The van der Waals surface area contributed by atoms with E-state index in [1.54, 1.807) is 42.9 Å². The quantitative estimate of drug-likeness (QED) is 0.683. The topological polar surface area (TPSA) is 60.4 Å². The lowest BCUT2D eigenvalue weighted by Crippen LogP contribution is -2.21. The van der Waals surface area contributed by atoms with Crippen LogP contribution in [-0.4, -0.2) is 15.9 Å². The van der Waals surface area contributed by atoms with Crippen molar-refractivity contribution in [1.29, 1.82) is 0 Å². The van der Waals surface area contributed by atoms with Crippen molar-refractivity contribution < 1.29 is 4.42 Å². The van der Waals surface area contributed by atoms with Gasteiger partial charge in [0.2, 0.25) is 0 Å². The second kappa shape index (κ2) is 5.21. The van der Waals surface area contributed by atoms with Crippen LogP contribution in [0.1, 0.15) is 34.9 Å². The highest BCUT2D eigenvalue weighted by molar-refractivity contribution is 7.18. The Balaban J connectivity index is 1.90. The summed E-state index contributed by atoms with van der Waals surface area (Å²) in [7, 11) is 0. The molecule has 0 spiro atoms. The molecule has 0 fully saturated rings. The van der Waals surface area contributed by atoms with Gasteiger partial charge in [-0.3, -0.25) is 4.79 Å². The van der Waals surface area contributed by atoms with Gasteiger partial charge in [-0.2, -0.15) is 9.78 Å². The van der Waals surface area contributed by atoms with Gasteiger partial charge in [-0.15, -0.1) is 11.3 Å². The summed E-state index contributed by atoms with van der Waals surface area (Å²) in [5.41, 5.74) is 1.11. The molecule has 1 aliphatic rings. The van der Waals surface area contributed by atoms with Crippen LogP contribution in [0.3, 0.4) is 0 Å². The Morgan fingerprint density at radius 2 is 2.27 bits per heavy atom. The summed E-state index contributed by atoms with van der Waals surface area (Å²) >= 11 is 1.66. The molecule has 6 heteroatoms. The Kier molecular flexibility index (Phi) is 3.18. The van der Waals surface area contributed by atoms with Crippen molar-refractivity contribution in [2.24, 2.45) is 5.10 Å². The van der Waals surface area contributed by atoms with Crippen molar-refractivity contribution in [3.8, 4) is 0 Å². The predicted molar refractivity (Wildman–Crippen MR) is 87.0 cm³/mol. The van der Waals surface area contributed by atoms with E-state index in [9.17, 15) is 4.79 Å². The zero-order valence-electron chi connectivity index (χ0n) is 12.2. The molecule has 0 atom stereocenters. The van der Waals surface area contributed by atoms with Crippen LogP contribution in [0.2, 0.25) is 0 Å². The molecule has 0 amide bonds. The minimum atomic E-state index is -0.0790. The molecule has 1 aliphatic carbocycles. The number of aromatic nitrogens is 2. The Bertz CT molecular complexity index is 919. The van der Waals surface area contributed by atoms with Crippen LogP contribution in [0.25, 0.3) is 10.2 Å². The molecule has 22 heavy (non-hydrogen) atoms. The third kappa shape index (κ3) is 2.11. The second-order valence-electron chi connectivity index (χ2n) is 5.43. The number of hydrogen-bond donors (Lipinski definition) is 0. The third-order valence-corrected chi connectivity index (χ3v) is 5.16. The summed E-state index contributed by atoms with van der Waals surface area (Å²) in [6.45, 7) is 1.80. The van der Waals surface area contributed by atoms with Gasteiger partial charge in [0.05, 0.1) is 17.9 Å². The highest BCUT2D eigenvalue weighted by Gasteiger charge is 2.20. The normalized spacial score (nSPS) is 14.8. The molecular weight excluding hydrogens is 298 g/mol. The van der Waals surface area contributed by atoms with Crippen molar-refractivity contribution in [2.75, 3.05) is 0 Å². The molecule has 112 valence electrons. The van der Waals surface area contributed by atoms with E-state index in [1.165, 1.54) is 21.5 Å². The molecule has 0 radical (unpaired) electrons. The van der Waals surface area contributed by atoms with Gasteiger partial charge in [0.15, 0.2) is 0 Å². The molecule has 0 bridgehead atoms. The van der Waals surface area contributed by atoms with E-state index in [1.807, 2.05) is 0 Å². The van der Waals surface area contributed by atoms with Crippen molar-refractivity contribution >= 4 is 27.8 Å². The van der Waals surface area contributed by atoms with Gasteiger partial charge < -0.3 is 4.42 Å². The van der Waals surface area contributed by atoms with Crippen molar-refractivity contribution in [3.63, 3.8) is 0 Å². The molecule has 0 unspecified atom stereocenters. The Hall–Kier alpha value is -2.21. The molecule has 0 saturated carbocycles. The first-order chi connectivity index (χ1) is 10.7. The highest BCUT2D eigenvalue weighted by Crippen LogP contribution is 2.33. The van der Waals surface area contributed by atoms with E-state index in [0.717, 1.165) is 29.5 Å². The lowest BCUT2D eigenvalue weighted by atomic mass is 9.97. The summed E-state index contributed by atoms with van der Waals surface area (Å²) in [4.78, 5) is 19.6. The van der Waals surface area contributed by atoms with E-state index < -0.39 is 0 Å². The number of thiophene rings is 1. The maximum Gasteiger partial charge on any atom is 0.283 e. The van der Waals surface area contributed by atoms with Crippen LogP contribution in [-0.2, 0) is 12.8 Å². The van der Waals surface area contributed by atoms with Crippen LogP contribution in [0, 0.1) is 6.92 Å². The van der Waals surface area contributed by atoms with Crippen LogP contribution in [0.4, 0.5) is 0 Å². The Morgan fingerprint density at radius 1 is 1.41 bits per heavy atom. The zero-order valence-corrected chi connectivity index (χ0v) is 13.0. The summed E-state index contributed by atoms with van der Waals surface area (Å²) in [5.74, 6) is 1.21. The van der Waals surface area contributed by atoms with Gasteiger partial charge in [0.25, 0.3) is 5.56 Å². The Morgan fingerprint density at radius 3 is 3.09 bits per heavy atom. The molecule has 3 heterocycles. The molecule has 4 rings (SSSR count). The van der Waals surface area contributed by atoms with E-state index in [-0.39, 0.29) is 5.56 Å². The lowest BCUT2D eigenvalue weighted by molar-refractivity contribution is 0.559. The summed E-state index contributed by atoms with van der Waals surface area (Å²) in [5, 5.41) is 5.01. The molecule has 3 aromatic rings. The number of rotatable bonds is 2. The van der Waals surface area contributed by atoms with Crippen LogP contribution >= 0.6 is 11.3 Å². The first-order valence-corrected chi connectivity index (χ1v) is 8.17. The summed E-state index contributed by atoms with van der Waals surface area (Å²) in [6, 6.07) is 3.58. The van der Waals surface area contributed by atoms with Crippen LogP contribution < -0.4 is 5.56 Å². The molecule has 0 N–H and O–H groups in total. The fraction of sp³-hybridized carbons (Fsp3) is 0.312. The van der Waals surface area contributed by atoms with Crippen molar-refractivity contribution in [2.45, 2.75) is 32.6 Å². The SMILES string of the molecule is Cc1nc2sc3c(c2c(=O)n1N=Cc1ccco1)CCCC3. The Labute approximate surface area is 130 Å². The number of hydrogen-bond acceptors (Lipinski definition) is 5. The maximum atomic E-state index is 12.8. The predicted octanol–water partition coefficient (Wildman–Crippen LogP) is 3.12. The third-order valence-electron chi connectivity index (χ3n) is 3.97. The molecule has 0 aliphatic heterocycles. The first-order valence-electron chi connectivity index (χ1n) is 7.36. The molecule has 0 aromatic carbocycles. The minimum Gasteiger partial charge on any atom is -0.463 e. The number of fused-ring (bicyclic) bond motifs is 3. The maximum absolute atomic E-state index is 12.8. The molecular formula is C16H15N3O2S. The lowest BCUT2D eigenvalue weighted by Gasteiger charge is -2.10. The highest BCUT2D eigenvalue weighted by atomic mass is 32.1. The second-order valence-corrected chi connectivity index (χ2v) is 6.51. The largest absolute Gasteiger partial charge is 0.463 e. The first kappa shape index (κ1) is 13.5. The zero-order chi connectivity index (χ0) is 15.1. The standard InChI is InChI=1S/C16H15N3O2S/c1-10-18-15-14(12-6-2-3-7-13(12)22-15)16(20)19(10)17-9-11-5-4-8-21-11/h4-5,8-9H,2-3,6-7H2,1H3. The fourth-order valence-corrected chi connectivity index (χ4v) is 4.21. The number of aryl methyl sites for hydroxylation is 3. The van der Waals surface area contributed by atoms with Gasteiger partial charge in [-0.25, -0.2) is 4.98 Å². The van der Waals surface area contributed by atoms with Crippen LogP contribution in [0.15, 0.2) is 32.7 Å². The van der Waals surface area contributed by atoms with Gasteiger partial charge in [-0.05, 0) is 50.3 Å². The van der Waals surface area contributed by atoms with Gasteiger partial charge in [0.1, 0.15) is 16.4 Å². The smallest absolute Gasteiger partial charge is 0.283 e. The van der Waals surface area contributed by atoms with Crippen molar-refractivity contribution in [1.82, 2.24) is 9.66 Å². The summed E-state index contributed by atoms with van der Waals surface area (Å²) in [6.07, 6.45) is 7.49. The number of furan rings is 1. The van der Waals surface area contributed by atoms with E-state index in [4.69, 9.17) is 4.42 Å². The van der Waals surface area contributed by atoms with Crippen molar-refractivity contribution in [3.05, 3.63) is 50.8 Å². The van der Waals surface area contributed by atoms with Crippen LogP contribution in [0.5, 0.6) is 0 Å². The average molecular weight is 313 g/mol. The van der Waals surface area contributed by atoms with Gasteiger partial charge >= 0.3 is 0 Å². The molecule has 3 aromatic heterocycles. The summed E-state index contributed by atoms with van der Waals surface area (Å²) < 4.78 is 6.58. The minimum absolute atomic E-state index is 0.0790. The van der Waals surface area contributed by atoms with Gasteiger partial charge in [0, 0.05) is 4.88 Å². The van der Waals surface area contributed by atoms with Gasteiger partial charge in [-0.1, -0.05) is 0 Å². The van der Waals surface area contributed by atoms with E-state index in [2.05, 4.69) is 10.1 Å². The fourth-order valence-electron chi connectivity index (χ4n) is 2.91. The molecule has 5 nitrogen and oxygen atoms in total.